The molecule has 2 aromatic carbocycles. The largest absolute Gasteiger partial charge is 0.494 e. The van der Waals surface area contributed by atoms with Crippen LogP contribution in [0.15, 0.2) is 54.6 Å². The number of carbonyl (C=O) groups is 1. The van der Waals surface area contributed by atoms with Crippen LogP contribution in [0.5, 0.6) is 5.75 Å². The summed E-state index contributed by atoms with van der Waals surface area (Å²) in [5.74, 6) is 2.83. The standard InChI is InChI=1S/C28H35N5O2/c1-5-35-24-14-12-23(13-15-24)30-28(34)33-17-9-16-32(18-19-33)27-25(20(2)3)21(4)29-26(31-27)22-10-7-6-8-11-22/h6-8,10-15,20H,5,9,16-19H2,1-4H3,(H,30,34). The Morgan fingerprint density at radius 3 is 2.43 bits per heavy atom. The van der Waals surface area contributed by atoms with E-state index in [4.69, 9.17) is 14.7 Å². The molecule has 0 aliphatic carbocycles. The summed E-state index contributed by atoms with van der Waals surface area (Å²) in [5, 5.41) is 3.02. The molecule has 2 heterocycles. The Labute approximate surface area is 208 Å². The highest BCUT2D eigenvalue weighted by atomic mass is 16.5. The van der Waals surface area contributed by atoms with Gasteiger partial charge in [0.05, 0.1) is 6.61 Å². The lowest BCUT2D eigenvalue weighted by Crippen LogP contribution is -2.38. The number of amides is 2. The molecule has 0 unspecified atom stereocenters. The van der Waals surface area contributed by atoms with E-state index >= 15 is 0 Å². The minimum absolute atomic E-state index is 0.0797. The van der Waals surface area contributed by atoms with E-state index in [-0.39, 0.29) is 6.03 Å². The maximum atomic E-state index is 13.0. The number of hydrogen-bond donors (Lipinski definition) is 1. The second-order valence-corrected chi connectivity index (χ2v) is 9.11. The van der Waals surface area contributed by atoms with Gasteiger partial charge >= 0.3 is 6.03 Å². The Morgan fingerprint density at radius 1 is 1.00 bits per heavy atom. The maximum Gasteiger partial charge on any atom is 0.321 e. The van der Waals surface area contributed by atoms with Gasteiger partial charge in [-0.15, -0.1) is 0 Å². The molecule has 3 aromatic rings. The normalized spacial score (nSPS) is 14.1. The van der Waals surface area contributed by atoms with Gasteiger partial charge in [0, 0.05) is 48.7 Å². The Hall–Kier alpha value is -3.61. The molecule has 0 radical (unpaired) electrons. The minimum atomic E-state index is -0.0797. The van der Waals surface area contributed by atoms with Crippen molar-refractivity contribution in [2.75, 3.05) is 43.0 Å². The number of anilines is 2. The average molecular weight is 474 g/mol. The van der Waals surface area contributed by atoms with E-state index in [1.807, 2.05) is 66.4 Å². The molecule has 1 fully saturated rings. The van der Waals surface area contributed by atoms with Gasteiger partial charge in [-0.2, -0.15) is 0 Å². The third kappa shape index (κ3) is 5.91. The number of nitrogens with one attached hydrogen (secondary N) is 1. The molecule has 1 aliphatic heterocycles. The zero-order chi connectivity index (χ0) is 24.8. The summed E-state index contributed by atoms with van der Waals surface area (Å²) in [6.45, 7) is 11.9. The number of nitrogens with zero attached hydrogens (tertiary/aromatic N) is 4. The molecule has 1 N–H and O–H groups in total. The van der Waals surface area contributed by atoms with Crippen LogP contribution >= 0.6 is 0 Å². The van der Waals surface area contributed by atoms with Crippen molar-refractivity contribution >= 4 is 17.5 Å². The monoisotopic (exact) mass is 473 g/mol. The van der Waals surface area contributed by atoms with E-state index in [2.05, 4.69) is 31.0 Å². The number of hydrogen-bond acceptors (Lipinski definition) is 5. The van der Waals surface area contributed by atoms with Crippen molar-refractivity contribution in [2.45, 2.75) is 40.0 Å². The van der Waals surface area contributed by atoms with Crippen molar-refractivity contribution < 1.29 is 9.53 Å². The number of aryl methyl sites for hydroxylation is 1. The van der Waals surface area contributed by atoms with Crippen LogP contribution in [0.3, 0.4) is 0 Å². The lowest BCUT2D eigenvalue weighted by molar-refractivity contribution is 0.215. The minimum Gasteiger partial charge on any atom is -0.494 e. The molecule has 7 heteroatoms. The Balaban J connectivity index is 1.50. The summed E-state index contributed by atoms with van der Waals surface area (Å²) in [7, 11) is 0. The fraction of sp³-hybridized carbons (Fsp3) is 0.393. The summed E-state index contributed by atoms with van der Waals surface area (Å²) in [6.07, 6.45) is 0.873. The molecule has 0 bridgehead atoms. The van der Waals surface area contributed by atoms with Gasteiger partial charge in [-0.3, -0.25) is 0 Å². The Kier molecular flexibility index (Phi) is 7.85. The van der Waals surface area contributed by atoms with Gasteiger partial charge < -0.3 is 19.9 Å². The lowest BCUT2D eigenvalue weighted by atomic mass is 10.0. The van der Waals surface area contributed by atoms with Crippen LogP contribution in [-0.2, 0) is 0 Å². The predicted octanol–water partition coefficient (Wildman–Crippen LogP) is 5.72. The lowest BCUT2D eigenvalue weighted by Gasteiger charge is -2.27. The van der Waals surface area contributed by atoms with Gasteiger partial charge in [-0.1, -0.05) is 44.2 Å². The number of aromatic nitrogens is 2. The zero-order valence-electron chi connectivity index (χ0n) is 21.1. The van der Waals surface area contributed by atoms with Crippen molar-refractivity contribution in [3.8, 4) is 17.1 Å². The smallest absolute Gasteiger partial charge is 0.321 e. The molecule has 0 spiro atoms. The van der Waals surface area contributed by atoms with Crippen molar-refractivity contribution in [2.24, 2.45) is 0 Å². The van der Waals surface area contributed by atoms with E-state index in [1.54, 1.807) is 0 Å². The van der Waals surface area contributed by atoms with Gasteiger partial charge in [0.1, 0.15) is 11.6 Å². The first kappa shape index (κ1) is 24.5. The predicted molar refractivity (Wildman–Crippen MR) is 141 cm³/mol. The highest BCUT2D eigenvalue weighted by molar-refractivity contribution is 5.89. The van der Waals surface area contributed by atoms with Crippen molar-refractivity contribution in [3.05, 3.63) is 65.9 Å². The third-order valence-corrected chi connectivity index (χ3v) is 6.22. The van der Waals surface area contributed by atoms with Gasteiger partial charge in [-0.25, -0.2) is 14.8 Å². The summed E-state index contributed by atoms with van der Waals surface area (Å²) in [6, 6.07) is 17.5. The van der Waals surface area contributed by atoms with Crippen molar-refractivity contribution in [1.29, 1.82) is 0 Å². The summed E-state index contributed by atoms with van der Waals surface area (Å²) in [5.41, 5.74) is 3.97. The number of benzene rings is 2. The van der Waals surface area contributed by atoms with E-state index in [9.17, 15) is 4.79 Å². The molecular weight excluding hydrogens is 438 g/mol. The quantitative estimate of drug-likeness (QED) is 0.496. The molecule has 1 aliphatic rings. The molecule has 2 amide bonds. The fourth-order valence-electron chi connectivity index (χ4n) is 4.54. The second-order valence-electron chi connectivity index (χ2n) is 9.11. The van der Waals surface area contributed by atoms with Crippen LogP contribution in [-0.4, -0.2) is 53.7 Å². The molecular formula is C28H35N5O2. The van der Waals surface area contributed by atoms with Crippen LogP contribution in [0.1, 0.15) is 44.4 Å². The van der Waals surface area contributed by atoms with Crippen LogP contribution in [0.25, 0.3) is 11.4 Å². The first-order valence-electron chi connectivity index (χ1n) is 12.4. The van der Waals surface area contributed by atoms with Gasteiger partial charge in [0.25, 0.3) is 0 Å². The van der Waals surface area contributed by atoms with Crippen molar-refractivity contribution in [1.82, 2.24) is 14.9 Å². The first-order valence-corrected chi connectivity index (χ1v) is 12.4. The highest BCUT2D eigenvalue weighted by Crippen LogP contribution is 2.31. The van der Waals surface area contributed by atoms with Crippen LogP contribution in [0.2, 0.25) is 0 Å². The zero-order valence-corrected chi connectivity index (χ0v) is 21.1. The highest BCUT2D eigenvalue weighted by Gasteiger charge is 2.24. The van der Waals surface area contributed by atoms with Crippen LogP contribution in [0.4, 0.5) is 16.3 Å². The van der Waals surface area contributed by atoms with Gasteiger partial charge in [0.15, 0.2) is 5.82 Å². The fourth-order valence-corrected chi connectivity index (χ4v) is 4.54. The third-order valence-electron chi connectivity index (χ3n) is 6.22. The SMILES string of the molecule is CCOc1ccc(NC(=O)N2CCCN(c3nc(-c4ccccc4)nc(C)c3C(C)C)CC2)cc1. The molecule has 4 rings (SSSR count). The Bertz CT molecular complexity index is 1130. The first-order chi connectivity index (χ1) is 17.0. The molecule has 0 atom stereocenters. The maximum absolute atomic E-state index is 13.0. The number of urea groups is 1. The molecule has 184 valence electrons. The van der Waals surface area contributed by atoms with E-state index < -0.39 is 0 Å². The average Bonchev–Trinajstić information content (AvgIpc) is 3.12. The summed E-state index contributed by atoms with van der Waals surface area (Å²) >= 11 is 0. The number of rotatable bonds is 6. The molecule has 35 heavy (non-hydrogen) atoms. The second kappa shape index (κ2) is 11.2. The number of carbonyl (C=O) groups excluding carboxylic acids is 1. The molecule has 7 nitrogen and oxygen atoms in total. The molecule has 1 saturated heterocycles. The topological polar surface area (TPSA) is 70.6 Å². The van der Waals surface area contributed by atoms with Gasteiger partial charge in [0.2, 0.25) is 0 Å². The van der Waals surface area contributed by atoms with Crippen LogP contribution in [0, 0.1) is 6.92 Å². The number of ether oxygens (including phenoxy) is 1. The van der Waals surface area contributed by atoms with E-state index in [0.29, 0.717) is 25.6 Å². The van der Waals surface area contributed by atoms with Crippen molar-refractivity contribution in [3.63, 3.8) is 0 Å². The molecule has 0 saturated carbocycles. The van der Waals surface area contributed by atoms with E-state index in [0.717, 1.165) is 53.8 Å². The summed E-state index contributed by atoms with van der Waals surface area (Å²) < 4.78 is 5.48. The van der Waals surface area contributed by atoms with Crippen LogP contribution < -0.4 is 15.0 Å². The molecule has 1 aromatic heterocycles. The van der Waals surface area contributed by atoms with Gasteiger partial charge in [-0.05, 0) is 50.5 Å². The Morgan fingerprint density at radius 2 is 1.74 bits per heavy atom. The summed E-state index contributed by atoms with van der Waals surface area (Å²) in [4.78, 5) is 27.1. The van der Waals surface area contributed by atoms with E-state index in [1.165, 1.54) is 5.56 Å².